The van der Waals surface area contributed by atoms with Crippen molar-refractivity contribution in [3.8, 4) is 5.75 Å². The van der Waals surface area contributed by atoms with Crippen LogP contribution >= 0.6 is 0 Å². The van der Waals surface area contributed by atoms with Gasteiger partial charge in [-0.1, -0.05) is 0 Å². The van der Waals surface area contributed by atoms with Crippen LogP contribution in [0, 0.1) is 0 Å². The van der Waals surface area contributed by atoms with E-state index in [4.69, 9.17) is 9.15 Å². The van der Waals surface area contributed by atoms with E-state index in [2.05, 4.69) is 10.6 Å². The van der Waals surface area contributed by atoms with Crippen LogP contribution in [0.2, 0.25) is 0 Å². The lowest BCUT2D eigenvalue weighted by Gasteiger charge is -2.23. The van der Waals surface area contributed by atoms with Crippen LogP contribution in [-0.4, -0.2) is 18.4 Å². The molecule has 2 heterocycles. The average Bonchev–Trinajstić information content (AvgIpc) is 3.10. The number of carbonyl (C=O) groups is 2. The van der Waals surface area contributed by atoms with Gasteiger partial charge in [-0.3, -0.25) is 9.59 Å². The van der Waals surface area contributed by atoms with Crippen LogP contribution in [-0.2, 0) is 22.4 Å². The molecule has 0 spiro atoms. The third kappa shape index (κ3) is 3.38. The molecule has 1 aromatic carbocycles. The molecule has 0 saturated carbocycles. The molecule has 2 aliphatic rings. The lowest BCUT2D eigenvalue weighted by atomic mass is 9.93. The number of rotatable bonds is 4. The van der Waals surface area contributed by atoms with E-state index in [0.717, 1.165) is 41.8 Å². The van der Waals surface area contributed by atoms with Crippen molar-refractivity contribution in [2.45, 2.75) is 38.1 Å². The van der Waals surface area contributed by atoms with Crippen LogP contribution in [0.1, 0.15) is 42.2 Å². The number of hydrogen-bond donors (Lipinski definition) is 2. The van der Waals surface area contributed by atoms with E-state index >= 15 is 0 Å². The fourth-order valence-corrected chi connectivity index (χ4v) is 3.47. The van der Waals surface area contributed by atoms with Crippen LogP contribution in [0.25, 0.3) is 0 Å². The van der Waals surface area contributed by atoms with E-state index in [1.54, 1.807) is 12.3 Å². The van der Waals surface area contributed by atoms with E-state index < -0.39 is 0 Å². The maximum atomic E-state index is 12.2. The second-order valence-corrected chi connectivity index (χ2v) is 6.47. The minimum Gasteiger partial charge on any atom is -0.484 e. The molecule has 0 unspecified atom stereocenters. The predicted molar refractivity (Wildman–Crippen MR) is 91.4 cm³/mol. The number of carbonyl (C=O) groups excluding carboxylic acids is 2. The Balaban J connectivity index is 1.35. The number of hydrogen-bond acceptors (Lipinski definition) is 4. The fraction of sp³-hybridized carbons (Fsp3) is 0.368. The van der Waals surface area contributed by atoms with Gasteiger partial charge in [0.2, 0.25) is 5.91 Å². The minimum absolute atomic E-state index is 0.00246. The van der Waals surface area contributed by atoms with Crippen molar-refractivity contribution in [2.75, 3.05) is 11.9 Å². The van der Waals surface area contributed by atoms with Gasteiger partial charge in [0.05, 0.1) is 12.3 Å². The first-order valence-electron chi connectivity index (χ1n) is 8.60. The molecule has 0 fully saturated rings. The second-order valence-electron chi connectivity index (χ2n) is 6.47. The molecule has 1 aliphatic carbocycles. The molecule has 2 N–H and O–H groups in total. The molecule has 1 atom stereocenters. The van der Waals surface area contributed by atoms with Crippen LogP contribution < -0.4 is 15.4 Å². The van der Waals surface area contributed by atoms with Gasteiger partial charge in [0.25, 0.3) is 5.91 Å². The van der Waals surface area contributed by atoms with Gasteiger partial charge in [0.1, 0.15) is 11.5 Å². The Morgan fingerprint density at radius 3 is 3.12 bits per heavy atom. The minimum atomic E-state index is -0.148. The summed E-state index contributed by atoms with van der Waals surface area (Å²) in [5, 5.41) is 5.85. The molecule has 4 rings (SSSR count). The van der Waals surface area contributed by atoms with Crippen LogP contribution in [0.15, 0.2) is 34.9 Å². The first kappa shape index (κ1) is 15.7. The average molecular weight is 340 g/mol. The van der Waals surface area contributed by atoms with E-state index in [1.165, 1.54) is 0 Å². The van der Waals surface area contributed by atoms with Crippen molar-refractivity contribution in [1.82, 2.24) is 5.32 Å². The molecule has 6 nitrogen and oxygen atoms in total. The molecule has 2 amide bonds. The summed E-state index contributed by atoms with van der Waals surface area (Å²) in [4.78, 5) is 23.6. The van der Waals surface area contributed by atoms with E-state index in [1.807, 2.05) is 18.2 Å². The Morgan fingerprint density at radius 1 is 1.28 bits per heavy atom. The maximum absolute atomic E-state index is 12.2. The summed E-state index contributed by atoms with van der Waals surface area (Å²) in [6.07, 6.45) is 5.69. The van der Waals surface area contributed by atoms with Gasteiger partial charge >= 0.3 is 0 Å². The Morgan fingerprint density at radius 2 is 2.20 bits per heavy atom. The van der Waals surface area contributed by atoms with Crippen molar-refractivity contribution >= 4 is 17.5 Å². The Bertz CT molecular complexity index is 812. The van der Waals surface area contributed by atoms with Crippen LogP contribution in [0.5, 0.6) is 5.75 Å². The normalized spacial score (nSPS) is 18.7. The summed E-state index contributed by atoms with van der Waals surface area (Å²) < 4.78 is 11.1. The summed E-state index contributed by atoms with van der Waals surface area (Å²) in [5.41, 5.74) is 2.93. The quantitative estimate of drug-likeness (QED) is 0.897. The molecule has 6 heteroatoms. The smallest absolute Gasteiger partial charge is 0.258 e. The summed E-state index contributed by atoms with van der Waals surface area (Å²) in [5.74, 6) is 1.49. The lowest BCUT2D eigenvalue weighted by Crippen LogP contribution is -2.34. The largest absolute Gasteiger partial charge is 0.484 e. The number of aryl methyl sites for hydroxylation is 2. The van der Waals surface area contributed by atoms with Gasteiger partial charge in [-0.25, -0.2) is 0 Å². The van der Waals surface area contributed by atoms with E-state index in [-0.39, 0.29) is 24.5 Å². The number of nitrogens with one attached hydrogen (secondary N) is 2. The van der Waals surface area contributed by atoms with E-state index in [9.17, 15) is 9.59 Å². The number of fused-ring (bicyclic) bond motifs is 2. The number of amides is 2. The van der Waals surface area contributed by atoms with Gasteiger partial charge < -0.3 is 19.8 Å². The second kappa shape index (κ2) is 6.63. The van der Waals surface area contributed by atoms with Crippen molar-refractivity contribution < 1.29 is 18.7 Å². The van der Waals surface area contributed by atoms with Crippen LogP contribution in [0.4, 0.5) is 5.69 Å². The SMILES string of the molecule is O=C1CCc2cc(OCC(=O)N[C@H]3CCCc4occc43)ccc2N1. The molecule has 130 valence electrons. The molecule has 1 aromatic heterocycles. The summed E-state index contributed by atoms with van der Waals surface area (Å²) in [6, 6.07) is 7.40. The lowest BCUT2D eigenvalue weighted by molar-refractivity contribution is -0.124. The highest BCUT2D eigenvalue weighted by Crippen LogP contribution is 2.30. The third-order valence-corrected chi connectivity index (χ3v) is 4.73. The van der Waals surface area contributed by atoms with Gasteiger partial charge in [-0.15, -0.1) is 0 Å². The topological polar surface area (TPSA) is 80.6 Å². The number of ether oxygens (including phenoxy) is 1. The third-order valence-electron chi connectivity index (χ3n) is 4.73. The maximum Gasteiger partial charge on any atom is 0.258 e. The van der Waals surface area contributed by atoms with Gasteiger partial charge in [0, 0.05) is 24.1 Å². The zero-order chi connectivity index (χ0) is 17.2. The molecule has 0 bridgehead atoms. The molecule has 2 aromatic rings. The highest BCUT2D eigenvalue weighted by Gasteiger charge is 2.24. The Hall–Kier alpha value is -2.76. The molecule has 1 aliphatic heterocycles. The monoisotopic (exact) mass is 340 g/mol. The molecular formula is C19H20N2O4. The summed E-state index contributed by atoms with van der Waals surface area (Å²) >= 11 is 0. The highest BCUT2D eigenvalue weighted by molar-refractivity contribution is 5.94. The highest BCUT2D eigenvalue weighted by atomic mass is 16.5. The Labute approximate surface area is 145 Å². The number of benzene rings is 1. The van der Waals surface area contributed by atoms with Gasteiger partial charge in [0.15, 0.2) is 6.61 Å². The molecule has 0 radical (unpaired) electrons. The van der Waals surface area contributed by atoms with E-state index in [0.29, 0.717) is 18.6 Å². The van der Waals surface area contributed by atoms with Gasteiger partial charge in [-0.2, -0.15) is 0 Å². The molecule has 0 saturated heterocycles. The first-order chi connectivity index (χ1) is 12.2. The standard InChI is InChI=1S/C19H20N2O4/c22-18-7-4-12-10-13(5-6-15(12)20-18)25-11-19(23)21-16-2-1-3-17-14(16)8-9-24-17/h5-6,8-10,16H,1-4,7,11H2,(H,20,22)(H,21,23)/t16-/m0/s1. The van der Waals surface area contributed by atoms with Crippen LogP contribution in [0.3, 0.4) is 0 Å². The molecular weight excluding hydrogens is 320 g/mol. The zero-order valence-corrected chi connectivity index (χ0v) is 13.8. The van der Waals surface area contributed by atoms with Crippen molar-refractivity contribution in [3.63, 3.8) is 0 Å². The van der Waals surface area contributed by atoms with Crippen molar-refractivity contribution in [2.24, 2.45) is 0 Å². The summed E-state index contributed by atoms with van der Waals surface area (Å²) in [6.45, 7) is -0.0329. The first-order valence-corrected chi connectivity index (χ1v) is 8.60. The number of furan rings is 1. The zero-order valence-electron chi connectivity index (χ0n) is 13.8. The summed E-state index contributed by atoms with van der Waals surface area (Å²) in [7, 11) is 0. The van der Waals surface area contributed by atoms with Crippen molar-refractivity contribution in [1.29, 1.82) is 0 Å². The van der Waals surface area contributed by atoms with Gasteiger partial charge in [-0.05, 0) is 49.1 Å². The Kier molecular flexibility index (Phi) is 4.17. The van der Waals surface area contributed by atoms with Crippen molar-refractivity contribution in [3.05, 3.63) is 47.4 Å². The predicted octanol–water partition coefficient (Wildman–Crippen LogP) is 2.74. The number of anilines is 1. The molecule has 25 heavy (non-hydrogen) atoms. The fourth-order valence-electron chi connectivity index (χ4n) is 3.47.